The summed E-state index contributed by atoms with van der Waals surface area (Å²) < 4.78 is 15.5. The lowest BCUT2D eigenvalue weighted by molar-refractivity contribution is 0.628. The summed E-state index contributed by atoms with van der Waals surface area (Å²) in [6.07, 6.45) is 6.46. The standard InChI is InChI=1S/C24H23FN4/c1-18-3-9-23(10-4-18)29-17-21(13-16-28(2)22-11-14-26-15-12-22)27-24(29)19-5-7-20(25)8-6-19/h3-12,14-15,17H,13,16H2,1-2H3. The van der Waals surface area contributed by atoms with Crippen LogP contribution in [-0.4, -0.2) is 28.1 Å². The fraction of sp³-hybridized carbons (Fsp3) is 0.167. The summed E-state index contributed by atoms with van der Waals surface area (Å²) in [4.78, 5) is 11.1. The molecule has 2 heterocycles. The van der Waals surface area contributed by atoms with Crippen LogP contribution in [0.4, 0.5) is 10.1 Å². The van der Waals surface area contributed by atoms with Crippen molar-refractivity contribution in [3.63, 3.8) is 0 Å². The van der Waals surface area contributed by atoms with E-state index in [0.717, 1.165) is 41.4 Å². The summed E-state index contributed by atoms with van der Waals surface area (Å²) in [5.74, 6) is 0.566. The van der Waals surface area contributed by atoms with E-state index in [0.29, 0.717) is 0 Å². The molecule has 0 aliphatic carbocycles. The molecule has 4 rings (SSSR count). The Labute approximate surface area is 170 Å². The second-order valence-electron chi connectivity index (χ2n) is 7.15. The molecule has 4 nitrogen and oxygen atoms in total. The zero-order chi connectivity index (χ0) is 20.2. The zero-order valence-electron chi connectivity index (χ0n) is 16.6. The quantitative estimate of drug-likeness (QED) is 0.464. The average molecular weight is 386 g/mol. The molecule has 0 unspecified atom stereocenters. The predicted molar refractivity (Wildman–Crippen MR) is 115 cm³/mol. The van der Waals surface area contributed by atoms with Crippen molar-refractivity contribution >= 4 is 5.69 Å². The van der Waals surface area contributed by atoms with E-state index in [9.17, 15) is 4.39 Å². The van der Waals surface area contributed by atoms with Crippen LogP contribution in [0.25, 0.3) is 17.1 Å². The molecular formula is C24H23FN4. The smallest absolute Gasteiger partial charge is 0.144 e. The van der Waals surface area contributed by atoms with Crippen molar-refractivity contribution in [2.75, 3.05) is 18.5 Å². The minimum atomic E-state index is -0.249. The van der Waals surface area contributed by atoms with Crippen LogP contribution in [0.15, 0.2) is 79.3 Å². The lowest BCUT2D eigenvalue weighted by atomic mass is 10.2. The predicted octanol–water partition coefficient (Wildman–Crippen LogP) is 5.06. The number of likely N-dealkylation sites (N-methyl/N-ethyl adjacent to an activating group) is 1. The van der Waals surface area contributed by atoms with E-state index in [2.05, 4.69) is 58.9 Å². The third-order valence-electron chi connectivity index (χ3n) is 4.98. The second kappa shape index (κ2) is 8.27. The molecule has 0 aliphatic heterocycles. The summed E-state index contributed by atoms with van der Waals surface area (Å²) in [5.41, 5.74) is 5.25. The zero-order valence-corrected chi connectivity index (χ0v) is 16.6. The van der Waals surface area contributed by atoms with Gasteiger partial charge in [-0.15, -0.1) is 0 Å². The fourth-order valence-corrected chi connectivity index (χ4v) is 3.26. The number of hydrogen-bond acceptors (Lipinski definition) is 3. The lowest BCUT2D eigenvalue weighted by Crippen LogP contribution is -2.20. The van der Waals surface area contributed by atoms with Crippen molar-refractivity contribution < 1.29 is 4.39 Å². The topological polar surface area (TPSA) is 34.0 Å². The molecule has 0 saturated carbocycles. The summed E-state index contributed by atoms with van der Waals surface area (Å²) in [7, 11) is 2.06. The molecule has 0 spiro atoms. The van der Waals surface area contributed by atoms with Gasteiger partial charge in [0.25, 0.3) is 0 Å². The minimum absolute atomic E-state index is 0.249. The number of nitrogens with zero attached hydrogens (tertiary/aromatic N) is 4. The van der Waals surface area contributed by atoms with E-state index in [1.54, 1.807) is 24.5 Å². The Balaban J connectivity index is 1.64. The van der Waals surface area contributed by atoms with Crippen molar-refractivity contribution in [3.05, 3.63) is 96.3 Å². The van der Waals surface area contributed by atoms with Crippen LogP contribution in [0.1, 0.15) is 11.3 Å². The van der Waals surface area contributed by atoms with Crippen molar-refractivity contribution in [2.24, 2.45) is 0 Å². The molecule has 0 radical (unpaired) electrons. The summed E-state index contributed by atoms with van der Waals surface area (Å²) in [5, 5.41) is 0. The Morgan fingerprint density at radius 1 is 0.931 bits per heavy atom. The molecule has 0 bridgehead atoms. The third kappa shape index (κ3) is 4.35. The van der Waals surface area contributed by atoms with Gasteiger partial charge in [0.1, 0.15) is 11.6 Å². The van der Waals surface area contributed by atoms with Gasteiger partial charge >= 0.3 is 0 Å². The highest BCUT2D eigenvalue weighted by molar-refractivity contribution is 5.59. The highest BCUT2D eigenvalue weighted by Gasteiger charge is 2.13. The van der Waals surface area contributed by atoms with Crippen molar-refractivity contribution in [1.29, 1.82) is 0 Å². The first-order valence-corrected chi connectivity index (χ1v) is 9.62. The first-order valence-electron chi connectivity index (χ1n) is 9.62. The average Bonchev–Trinajstić information content (AvgIpc) is 3.18. The molecule has 0 fully saturated rings. The van der Waals surface area contributed by atoms with Gasteiger partial charge in [-0.05, 0) is 55.5 Å². The van der Waals surface area contributed by atoms with E-state index >= 15 is 0 Å². The van der Waals surface area contributed by atoms with Gasteiger partial charge in [0.15, 0.2) is 0 Å². The van der Waals surface area contributed by atoms with Crippen LogP contribution in [0.2, 0.25) is 0 Å². The van der Waals surface area contributed by atoms with Crippen LogP contribution in [-0.2, 0) is 6.42 Å². The van der Waals surface area contributed by atoms with E-state index in [4.69, 9.17) is 4.98 Å². The molecule has 4 aromatic rings. The van der Waals surface area contributed by atoms with Gasteiger partial charge in [-0.25, -0.2) is 9.37 Å². The Morgan fingerprint density at radius 3 is 2.31 bits per heavy atom. The Kier molecular flexibility index (Phi) is 5.38. The van der Waals surface area contributed by atoms with Gasteiger partial charge in [-0.3, -0.25) is 9.55 Å². The molecule has 2 aromatic heterocycles. The van der Waals surface area contributed by atoms with Crippen LogP contribution in [0.5, 0.6) is 0 Å². The van der Waals surface area contributed by atoms with Gasteiger partial charge < -0.3 is 4.90 Å². The Morgan fingerprint density at radius 2 is 1.62 bits per heavy atom. The van der Waals surface area contributed by atoms with E-state index in [1.807, 2.05) is 12.1 Å². The monoisotopic (exact) mass is 386 g/mol. The number of aromatic nitrogens is 3. The number of halogens is 1. The SMILES string of the molecule is Cc1ccc(-n2cc(CCN(C)c3ccncc3)nc2-c2ccc(F)cc2)cc1. The molecule has 5 heteroatoms. The molecule has 29 heavy (non-hydrogen) atoms. The molecular weight excluding hydrogens is 363 g/mol. The maximum absolute atomic E-state index is 13.4. The van der Waals surface area contributed by atoms with Crippen LogP contribution in [0.3, 0.4) is 0 Å². The minimum Gasteiger partial charge on any atom is -0.374 e. The number of aryl methyl sites for hydroxylation is 1. The van der Waals surface area contributed by atoms with Crippen molar-refractivity contribution in [3.8, 4) is 17.1 Å². The van der Waals surface area contributed by atoms with E-state index in [1.165, 1.54) is 17.7 Å². The number of hydrogen-bond donors (Lipinski definition) is 0. The van der Waals surface area contributed by atoms with Crippen LogP contribution < -0.4 is 4.90 Å². The number of pyridine rings is 1. The highest BCUT2D eigenvalue weighted by atomic mass is 19.1. The van der Waals surface area contributed by atoms with Gasteiger partial charge in [0.2, 0.25) is 0 Å². The van der Waals surface area contributed by atoms with Crippen LogP contribution >= 0.6 is 0 Å². The molecule has 0 saturated heterocycles. The number of rotatable bonds is 6. The van der Waals surface area contributed by atoms with Crippen molar-refractivity contribution in [1.82, 2.24) is 14.5 Å². The van der Waals surface area contributed by atoms with E-state index in [-0.39, 0.29) is 5.82 Å². The highest BCUT2D eigenvalue weighted by Crippen LogP contribution is 2.24. The Bertz CT molecular complexity index is 1010. The normalized spacial score (nSPS) is 10.9. The largest absolute Gasteiger partial charge is 0.374 e. The van der Waals surface area contributed by atoms with Gasteiger partial charge in [0.05, 0.1) is 5.69 Å². The lowest BCUT2D eigenvalue weighted by Gasteiger charge is -2.18. The Hall–Kier alpha value is -3.47. The van der Waals surface area contributed by atoms with Gasteiger partial charge in [-0.2, -0.15) is 0 Å². The molecule has 0 N–H and O–H groups in total. The fourth-order valence-electron chi connectivity index (χ4n) is 3.26. The number of anilines is 1. The van der Waals surface area contributed by atoms with Crippen LogP contribution in [0, 0.1) is 12.7 Å². The van der Waals surface area contributed by atoms with Crippen molar-refractivity contribution in [2.45, 2.75) is 13.3 Å². The number of imidazole rings is 1. The summed E-state index contributed by atoms with van der Waals surface area (Å²) in [6.45, 7) is 2.90. The molecule has 0 aliphatic rings. The second-order valence-corrected chi connectivity index (χ2v) is 7.15. The first-order chi connectivity index (χ1) is 14.1. The third-order valence-corrected chi connectivity index (χ3v) is 4.98. The van der Waals surface area contributed by atoms with E-state index < -0.39 is 0 Å². The molecule has 0 atom stereocenters. The van der Waals surface area contributed by atoms with Gasteiger partial charge in [0, 0.05) is 55.5 Å². The number of benzene rings is 2. The molecule has 2 aromatic carbocycles. The first kappa shape index (κ1) is 18.9. The molecule has 146 valence electrons. The maximum atomic E-state index is 13.4. The summed E-state index contributed by atoms with van der Waals surface area (Å²) >= 11 is 0. The summed E-state index contributed by atoms with van der Waals surface area (Å²) in [6, 6.07) is 18.8. The maximum Gasteiger partial charge on any atom is 0.144 e. The van der Waals surface area contributed by atoms with Gasteiger partial charge in [-0.1, -0.05) is 17.7 Å². The molecule has 0 amide bonds.